The monoisotopic (exact) mass is 403 g/mol. The van der Waals surface area contributed by atoms with Gasteiger partial charge in [0, 0.05) is 70.3 Å². The topological polar surface area (TPSA) is 61.7 Å². The molecule has 1 amide bonds. The molecule has 1 atom stereocenters. The molecule has 3 heterocycles. The maximum atomic E-state index is 12.2. The van der Waals surface area contributed by atoms with Gasteiger partial charge in [0.25, 0.3) is 5.56 Å². The zero-order valence-corrected chi connectivity index (χ0v) is 18.6. The van der Waals surface area contributed by atoms with E-state index in [-0.39, 0.29) is 11.0 Å². The molecule has 1 aromatic rings. The first-order valence-electron chi connectivity index (χ1n) is 11.0. The molecule has 2 aliphatic rings. The van der Waals surface area contributed by atoms with E-state index in [0.717, 1.165) is 64.2 Å². The minimum absolute atomic E-state index is 0.0299. The Hall–Kier alpha value is -1.73. The fourth-order valence-corrected chi connectivity index (χ4v) is 4.18. The zero-order valence-electron chi connectivity index (χ0n) is 18.6. The molecule has 29 heavy (non-hydrogen) atoms. The maximum absolute atomic E-state index is 12.2. The number of piperazine rings is 1. The van der Waals surface area contributed by atoms with Gasteiger partial charge in [0.15, 0.2) is 0 Å². The smallest absolute Gasteiger partial charge is 0.266 e. The van der Waals surface area contributed by atoms with Gasteiger partial charge in [-0.05, 0) is 18.9 Å². The van der Waals surface area contributed by atoms with Gasteiger partial charge in [-0.1, -0.05) is 27.2 Å². The summed E-state index contributed by atoms with van der Waals surface area (Å²) in [6, 6.07) is 3.82. The highest BCUT2D eigenvalue weighted by Gasteiger charge is 2.26. The van der Waals surface area contributed by atoms with E-state index in [0.29, 0.717) is 24.9 Å². The number of aromatic nitrogens is 2. The second-order valence-electron chi connectivity index (χ2n) is 9.58. The number of nitrogens with zero attached hydrogens (tertiary/aromatic N) is 5. The molecule has 1 aromatic heterocycles. The Labute approximate surface area is 174 Å². The summed E-state index contributed by atoms with van der Waals surface area (Å²) in [5.74, 6) is 0.293. The third-order valence-corrected chi connectivity index (χ3v) is 6.32. The summed E-state index contributed by atoms with van der Waals surface area (Å²) in [5.41, 5.74) is 0.856. The average molecular weight is 404 g/mol. The summed E-state index contributed by atoms with van der Waals surface area (Å²) in [6.45, 7) is 12.8. The van der Waals surface area contributed by atoms with Crippen LogP contribution in [-0.2, 0) is 16.8 Å². The van der Waals surface area contributed by atoms with Crippen LogP contribution < -0.4 is 5.56 Å². The van der Waals surface area contributed by atoms with Crippen molar-refractivity contribution < 1.29 is 4.79 Å². The zero-order chi connectivity index (χ0) is 21.0. The first kappa shape index (κ1) is 22.0. The average Bonchev–Trinajstić information content (AvgIpc) is 2.83. The third kappa shape index (κ3) is 5.89. The first-order chi connectivity index (χ1) is 13.7. The van der Waals surface area contributed by atoms with Crippen molar-refractivity contribution >= 4 is 5.91 Å². The molecule has 7 nitrogen and oxygen atoms in total. The molecule has 2 fully saturated rings. The van der Waals surface area contributed by atoms with Crippen molar-refractivity contribution in [1.82, 2.24) is 24.5 Å². The summed E-state index contributed by atoms with van der Waals surface area (Å²) in [5, 5.41) is 4.57. The van der Waals surface area contributed by atoms with Crippen LogP contribution in [0.4, 0.5) is 0 Å². The van der Waals surface area contributed by atoms with E-state index < -0.39 is 0 Å². The van der Waals surface area contributed by atoms with Gasteiger partial charge in [-0.15, -0.1) is 0 Å². The Morgan fingerprint density at radius 1 is 1.00 bits per heavy atom. The molecule has 0 radical (unpaired) electrons. The van der Waals surface area contributed by atoms with Crippen LogP contribution in [0.5, 0.6) is 0 Å². The van der Waals surface area contributed by atoms with Crippen molar-refractivity contribution in [2.24, 2.45) is 0 Å². The quantitative estimate of drug-likeness (QED) is 0.747. The van der Waals surface area contributed by atoms with Gasteiger partial charge < -0.3 is 4.90 Å². The van der Waals surface area contributed by atoms with Crippen LogP contribution in [0.2, 0.25) is 0 Å². The standard InChI is InChI=1S/C22H37N5O2/c1-22(2,3)19-9-10-21(29)27(23-19)16-15-25-11-13-26(14-12-25)17-18-7-5-6-8-20(28)24(18)4/h9-10,18H,5-8,11-17H2,1-4H3. The Morgan fingerprint density at radius 3 is 2.38 bits per heavy atom. The molecule has 0 aromatic carbocycles. The van der Waals surface area contributed by atoms with Gasteiger partial charge in [-0.3, -0.25) is 19.4 Å². The number of likely N-dealkylation sites (N-methyl/N-ethyl adjacent to an activating group) is 1. The molecule has 0 N–H and O–H groups in total. The van der Waals surface area contributed by atoms with Crippen LogP contribution in [0.25, 0.3) is 0 Å². The van der Waals surface area contributed by atoms with Crippen molar-refractivity contribution in [2.75, 3.05) is 46.3 Å². The predicted molar refractivity (Wildman–Crippen MR) is 115 cm³/mol. The van der Waals surface area contributed by atoms with Crippen LogP contribution in [0, 0.1) is 0 Å². The number of rotatable bonds is 5. The molecule has 0 bridgehead atoms. The van der Waals surface area contributed by atoms with E-state index >= 15 is 0 Å². The van der Waals surface area contributed by atoms with Crippen molar-refractivity contribution in [1.29, 1.82) is 0 Å². The van der Waals surface area contributed by atoms with Crippen molar-refractivity contribution in [3.63, 3.8) is 0 Å². The molecule has 0 saturated carbocycles. The molecular formula is C22H37N5O2. The van der Waals surface area contributed by atoms with E-state index in [9.17, 15) is 9.59 Å². The van der Waals surface area contributed by atoms with Crippen LogP contribution in [0.1, 0.15) is 52.1 Å². The van der Waals surface area contributed by atoms with Gasteiger partial charge in [0.2, 0.25) is 5.91 Å². The summed E-state index contributed by atoms with van der Waals surface area (Å²) in [6.07, 6.45) is 3.99. The van der Waals surface area contributed by atoms with Gasteiger partial charge in [0.1, 0.15) is 0 Å². The van der Waals surface area contributed by atoms with Crippen LogP contribution in [-0.4, -0.2) is 82.7 Å². The van der Waals surface area contributed by atoms with Crippen LogP contribution in [0.3, 0.4) is 0 Å². The number of carbonyl (C=O) groups is 1. The first-order valence-corrected chi connectivity index (χ1v) is 11.0. The van der Waals surface area contributed by atoms with Gasteiger partial charge in [0.05, 0.1) is 12.2 Å². The molecule has 1 unspecified atom stereocenters. The Balaban J connectivity index is 1.48. The highest BCUT2D eigenvalue weighted by atomic mass is 16.2. The summed E-state index contributed by atoms with van der Waals surface area (Å²) < 4.78 is 1.61. The highest BCUT2D eigenvalue weighted by molar-refractivity contribution is 5.76. The molecule has 2 saturated heterocycles. The lowest BCUT2D eigenvalue weighted by Gasteiger charge is -2.38. The number of carbonyl (C=O) groups excluding carboxylic acids is 1. The molecular weight excluding hydrogens is 366 g/mol. The van der Waals surface area contributed by atoms with Gasteiger partial charge in [-0.25, -0.2) is 4.68 Å². The van der Waals surface area contributed by atoms with Crippen LogP contribution >= 0.6 is 0 Å². The normalized spacial score (nSPS) is 22.7. The van der Waals surface area contributed by atoms with Crippen LogP contribution in [0.15, 0.2) is 16.9 Å². The van der Waals surface area contributed by atoms with Gasteiger partial charge >= 0.3 is 0 Å². The molecule has 162 valence electrons. The molecule has 0 spiro atoms. The second-order valence-corrected chi connectivity index (χ2v) is 9.58. The van der Waals surface area contributed by atoms with Crippen molar-refractivity contribution in [2.45, 2.75) is 64.5 Å². The Bertz CT molecular complexity index is 746. The number of amides is 1. The van der Waals surface area contributed by atoms with E-state index in [4.69, 9.17) is 0 Å². The fourth-order valence-electron chi connectivity index (χ4n) is 4.18. The minimum Gasteiger partial charge on any atom is -0.341 e. The van der Waals surface area contributed by atoms with E-state index in [2.05, 4.69) is 35.7 Å². The lowest BCUT2D eigenvalue weighted by atomic mass is 9.92. The van der Waals surface area contributed by atoms with Gasteiger partial charge in [-0.2, -0.15) is 5.10 Å². The van der Waals surface area contributed by atoms with Crippen molar-refractivity contribution in [3.8, 4) is 0 Å². The van der Waals surface area contributed by atoms with Crippen molar-refractivity contribution in [3.05, 3.63) is 28.2 Å². The number of hydrogen-bond acceptors (Lipinski definition) is 5. The molecule has 0 aliphatic carbocycles. The van der Waals surface area contributed by atoms with E-state index in [1.807, 2.05) is 18.0 Å². The fraction of sp³-hybridized carbons (Fsp3) is 0.773. The summed E-state index contributed by atoms with van der Waals surface area (Å²) in [7, 11) is 1.96. The SMILES string of the molecule is CN1C(=O)CCCCC1CN1CCN(CCn2nc(C(C)(C)C)ccc2=O)CC1. The molecule has 2 aliphatic heterocycles. The second kappa shape index (κ2) is 9.39. The Kier molecular flexibility index (Phi) is 7.11. The number of likely N-dealkylation sites (tertiary alicyclic amines) is 1. The summed E-state index contributed by atoms with van der Waals surface area (Å²) in [4.78, 5) is 31.2. The lowest BCUT2D eigenvalue weighted by Crippen LogP contribution is -2.52. The summed E-state index contributed by atoms with van der Waals surface area (Å²) >= 11 is 0. The largest absolute Gasteiger partial charge is 0.341 e. The highest BCUT2D eigenvalue weighted by Crippen LogP contribution is 2.19. The predicted octanol–water partition coefficient (Wildman–Crippen LogP) is 1.56. The van der Waals surface area contributed by atoms with E-state index in [1.54, 1.807) is 10.7 Å². The molecule has 3 rings (SSSR count). The lowest BCUT2D eigenvalue weighted by molar-refractivity contribution is -0.131. The Morgan fingerprint density at radius 2 is 1.69 bits per heavy atom. The minimum atomic E-state index is -0.0619. The maximum Gasteiger partial charge on any atom is 0.266 e. The third-order valence-electron chi connectivity index (χ3n) is 6.32. The number of hydrogen-bond donors (Lipinski definition) is 0. The molecule has 7 heteroatoms. The van der Waals surface area contributed by atoms with E-state index in [1.165, 1.54) is 0 Å².